The third-order valence-electron chi connectivity index (χ3n) is 3.32. The van der Waals surface area contributed by atoms with Gasteiger partial charge in [-0.25, -0.2) is 5.06 Å². The summed E-state index contributed by atoms with van der Waals surface area (Å²) < 4.78 is 0. The van der Waals surface area contributed by atoms with Crippen LogP contribution < -0.4 is 5.06 Å². The van der Waals surface area contributed by atoms with Crippen molar-refractivity contribution in [1.82, 2.24) is 0 Å². The highest BCUT2D eigenvalue weighted by molar-refractivity contribution is 5.99. The number of carbonyl (C=O) groups is 1. The molecule has 0 aliphatic carbocycles. The van der Waals surface area contributed by atoms with Crippen molar-refractivity contribution in [3.63, 3.8) is 0 Å². The quantitative estimate of drug-likeness (QED) is 0.831. The summed E-state index contributed by atoms with van der Waals surface area (Å²) in [7, 11) is 0. The van der Waals surface area contributed by atoms with Crippen molar-refractivity contribution in [1.29, 1.82) is 0 Å². The van der Waals surface area contributed by atoms with Crippen LogP contribution in [0, 0.1) is 0 Å². The van der Waals surface area contributed by atoms with E-state index in [9.17, 15) is 10.0 Å². The van der Waals surface area contributed by atoms with Crippen molar-refractivity contribution in [2.45, 2.75) is 13.0 Å². The zero-order valence-electron chi connectivity index (χ0n) is 10.00. The van der Waals surface area contributed by atoms with Gasteiger partial charge in [-0.1, -0.05) is 42.5 Å². The number of benzene rings is 2. The van der Waals surface area contributed by atoms with Crippen LogP contribution in [0.15, 0.2) is 42.5 Å². The molecular formula is C15H13NO2. The molecule has 1 aliphatic heterocycles. The van der Waals surface area contributed by atoms with Gasteiger partial charge in [0, 0.05) is 5.56 Å². The molecule has 0 saturated carbocycles. The van der Waals surface area contributed by atoms with Gasteiger partial charge in [-0.15, -0.1) is 0 Å². The lowest BCUT2D eigenvalue weighted by Crippen LogP contribution is -2.38. The molecular weight excluding hydrogens is 226 g/mol. The van der Waals surface area contributed by atoms with E-state index in [1.165, 1.54) is 6.92 Å². The number of ketones is 1. The van der Waals surface area contributed by atoms with E-state index in [1.807, 2.05) is 42.5 Å². The van der Waals surface area contributed by atoms with Gasteiger partial charge in [0.1, 0.15) is 6.04 Å². The average Bonchev–Trinajstić information content (AvgIpc) is 2.38. The SMILES string of the molecule is CC(=O)C1C=Cc2c(ccc3ccccc23)N1O. The number of anilines is 1. The van der Waals surface area contributed by atoms with Gasteiger partial charge in [-0.05, 0) is 23.8 Å². The number of hydrogen-bond acceptors (Lipinski definition) is 3. The van der Waals surface area contributed by atoms with Crippen LogP contribution in [-0.4, -0.2) is 17.0 Å². The molecule has 0 spiro atoms. The fourth-order valence-corrected chi connectivity index (χ4v) is 2.39. The number of hydroxylamine groups is 1. The Morgan fingerprint density at radius 2 is 2.00 bits per heavy atom. The Morgan fingerprint density at radius 1 is 1.22 bits per heavy atom. The molecule has 0 aromatic heterocycles. The predicted octanol–water partition coefficient (Wildman–Crippen LogP) is 3.02. The molecule has 2 aromatic rings. The van der Waals surface area contributed by atoms with Crippen LogP contribution in [0.2, 0.25) is 0 Å². The summed E-state index contributed by atoms with van der Waals surface area (Å²) in [6.45, 7) is 1.48. The minimum Gasteiger partial charge on any atom is -0.297 e. The molecule has 0 saturated heterocycles. The van der Waals surface area contributed by atoms with Crippen LogP contribution in [0.1, 0.15) is 12.5 Å². The molecule has 3 rings (SSSR count). The molecule has 1 unspecified atom stereocenters. The number of fused-ring (bicyclic) bond motifs is 3. The first-order valence-electron chi connectivity index (χ1n) is 5.87. The molecule has 1 N–H and O–H groups in total. The second-order valence-corrected chi connectivity index (χ2v) is 4.48. The maximum Gasteiger partial charge on any atom is 0.158 e. The van der Waals surface area contributed by atoms with Crippen LogP contribution in [0.25, 0.3) is 16.8 Å². The highest BCUT2D eigenvalue weighted by Gasteiger charge is 2.25. The molecule has 1 atom stereocenters. The van der Waals surface area contributed by atoms with Crippen LogP contribution in [-0.2, 0) is 4.79 Å². The Labute approximate surface area is 105 Å². The molecule has 0 amide bonds. The smallest absolute Gasteiger partial charge is 0.158 e. The summed E-state index contributed by atoms with van der Waals surface area (Å²) in [6, 6.07) is 11.2. The Balaban J connectivity index is 2.24. The largest absolute Gasteiger partial charge is 0.297 e. The minimum atomic E-state index is -0.585. The number of nitrogens with zero attached hydrogens (tertiary/aromatic N) is 1. The standard InChI is InChI=1S/C15H13NO2/c1-10(17)14-9-7-13-12-5-3-2-4-11(12)6-8-15(13)16(14)18/h2-9,14,18H,1H3. The monoisotopic (exact) mass is 239 g/mol. The molecule has 1 aliphatic rings. The van der Waals surface area contributed by atoms with Gasteiger partial charge in [-0.2, -0.15) is 0 Å². The second kappa shape index (κ2) is 3.96. The summed E-state index contributed by atoms with van der Waals surface area (Å²) in [5.41, 5.74) is 1.63. The first-order chi connectivity index (χ1) is 8.68. The molecule has 0 bridgehead atoms. The second-order valence-electron chi connectivity index (χ2n) is 4.48. The Morgan fingerprint density at radius 3 is 2.78 bits per heavy atom. The van der Waals surface area contributed by atoms with Crippen LogP contribution >= 0.6 is 0 Å². The number of hydrogen-bond donors (Lipinski definition) is 1. The molecule has 0 radical (unpaired) electrons. The van der Waals surface area contributed by atoms with Crippen molar-refractivity contribution < 1.29 is 10.0 Å². The number of rotatable bonds is 1. The normalized spacial score (nSPS) is 17.9. The van der Waals surface area contributed by atoms with Gasteiger partial charge in [0.05, 0.1) is 5.69 Å². The first kappa shape index (κ1) is 11.0. The van der Waals surface area contributed by atoms with Crippen LogP contribution in [0.4, 0.5) is 5.69 Å². The summed E-state index contributed by atoms with van der Waals surface area (Å²) in [5.74, 6) is -0.0763. The van der Waals surface area contributed by atoms with E-state index in [2.05, 4.69) is 0 Å². The van der Waals surface area contributed by atoms with Gasteiger partial charge >= 0.3 is 0 Å². The fourth-order valence-electron chi connectivity index (χ4n) is 2.39. The Hall–Kier alpha value is -2.13. The molecule has 1 heterocycles. The summed E-state index contributed by atoms with van der Waals surface area (Å²) in [5, 5.41) is 13.4. The summed E-state index contributed by atoms with van der Waals surface area (Å²) >= 11 is 0. The van der Waals surface area contributed by atoms with Gasteiger partial charge < -0.3 is 0 Å². The highest BCUT2D eigenvalue weighted by Crippen LogP contribution is 2.33. The first-order valence-corrected chi connectivity index (χ1v) is 5.87. The molecule has 0 fully saturated rings. The zero-order chi connectivity index (χ0) is 12.7. The van der Waals surface area contributed by atoms with E-state index in [-0.39, 0.29) is 5.78 Å². The Kier molecular flexibility index (Phi) is 2.42. The minimum absolute atomic E-state index is 0.0763. The van der Waals surface area contributed by atoms with Gasteiger partial charge in [-0.3, -0.25) is 10.0 Å². The van der Waals surface area contributed by atoms with Gasteiger partial charge in [0.2, 0.25) is 0 Å². The number of Topliss-reactive ketones (excluding diaryl/α,β-unsaturated/α-hetero) is 1. The highest BCUT2D eigenvalue weighted by atomic mass is 16.5. The fraction of sp³-hybridized carbons (Fsp3) is 0.133. The Bertz CT molecular complexity index is 661. The summed E-state index contributed by atoms with van der Waals surface area (Å²) in [6.07, 6.45) is 3.65. The lowest BCUT2D eigenvalue weighted by atomic mass is 9.97. The average molecular weight is 239 g/mol. The van der Waals surface area contributed by atoms with E-state index in [0.29, 0.717) is 5.69 Å². The van der Waals surface area contributed by atoms with Crippen molar-refractivity contribution in [3.05, 3.63) is 48.0 Å². The van der Waals surface area contributed by atoms with E-state index >= 15 is 0 Å². The lowest BCUT2D eigenvalue weighted by Gasteiger charge is -2.29. The van der Waals surface area contributed by atoms with E-state index in [1.54, 1.807) is 6.08 Å². The molecule has 3 nitrogen and oxygen atoms in total. The van der Waals surface area contributed by atoms with Gasteiger partial charge in [0.15, 0.2) is 5.78 Å². The number of carbonyl (C=O) groups excluding carboxylic acids is 1. The topological polar surface area (TPSA) is 40.5 Å². The van der Waals surface area contributed by atoms with Crippen molar-refractivity contribution in [2.24, 2.45) is 0 Å². The lowest BCUT2D eigenvalue weighted by molar-refractivity contribution is -0.118. The van der Waals surface area contributed by atoms with Crippen molar-refractivity contribution >= 4 is 28.3 Å². The molecule has 90 valence electrons. The maximum absolute atomic E-state index is 11.4. The van der Waals surface area contributed by atoms with Crippen LogP contribution in [0.3, 0.4) is 0 Å². The van der Waals surface area contributed by atoms with Crippen LogP contribution in [0.5, 0.6) is 0 Å². The van der Waals surface area contributed by atoms with Crippen molar-refractivity contribution in [2.75, 3.05) is 5.06 Å². The summed E-state index contributed by atoms with van der Waals surface area (Å²) in [4.78, 5) is 11.4. The van der Waals surface area contributed by atoms with Gasteiger partial charge in [0.25, 0.3) is 0 Å². The third kappa shape index (κ3) is 1.52. The molecule has 3 heteroatoms. The third-order valence-corrected chi connectivity index (χ3v) is 3.32. The van der Waals surface area contributed by atoms with E-state index in [4.69, 9.17) is 0 Å². The van der Waals surface area contributed by atoms with E-state index < -0.39 is 6.04 Å². The predicted molar refractivity (Wildman–Crippen MR) is 71.7 cm³/mol. The zero-order valence-corrected chi connectivity index (χ0v) is 10.00. The van der Waals surface area contributed by atoms with Crippen molar-refractivity contribution in [3.8, 4) is 0 Å². The van der Waals surface area contributed by atoms with E-state index in [0.717, 1.165) is 21.4 Å². The molecule has 2 aromatic carbocycles. The molecule has 18 heavy (non-hydrogen) atoms. The maximum atomic E-state index is 11.4.